The van der Waals surface area contributed by atoms with Crippen LogP contribution >= 0.6 is 0 Å². The second-order valence-corrected chi connectivity index (χ2v) is 8.08. The van der Waals surface area contributed by atoms with Crippen LogP contribution in [-0.4, -0.2) is 19.5 Å². The van der Waals surface area contributed by atoms with E-state index in [0.717, 1.165) is 29.8 Å². The number of fused-ring (bicyclic) bond motifs is 1. The van der Waals surface area contributed by atoms with Gasteiger partial charge in [0.15, 0.2) is 17.3 Å². The molecule has 9 heteroatoms. The molecular weight excluding hydrogens is 426 g/mol. The summed E-state index contributed by atoms with van der Waals surface area (Å²) in [6.07, 6.45) is 1.89. The SMILES string of the molecule is Cc1[nH]c(-c2cc(CNS(=O)[O-])ccc2Oc2ccc(F)cc2F)c2c1C(=O)CCC2. The molecule has 0 bridgehead atoms. The molecule has 0 aliphatic heterocycles. The second-order valence-electron chi connectivity index (χ2n) is 7.32. The van der Waals surface area contributed by atoms with Crippen LogP contribution in [0.5, 0.6) is 11.5 Å². The van der Waals surface area contributed by atoms with Gasteiger partial charge in [0, 0.05) is 47.1 Å². The lowest BCUT2D eigenvalue weighted by atomic mass is 9.89. The van der Waals surface area contributed by atoms with Gasteiger partial charge in [-0.3, -0.25) is 9.00 Å². The van der Waals surface area contributed by atoms with Crippen LogP contribution in [0.25, 0.3) is 11.3 Å². The van der Waals surface area contributed by atoms with Gasteiger partial charge in [-0.2, -0.15) is 0 Å². The molecule has 1 aromatic heterocycles. The summed E-state index contributed by atoms with van der Waals surface area (Å²) in [5, 5.41) is 0. The Morgan fingerprint density at radius 2 is 1.94 bits per heavy atom. The van der Waals surface area contributed by atoms with E-state index in [1.807, 2.05) is 6.92 Å². The lowest BCUT2D eigenvalue weighted by molar-refractivity contribution is 0.0972. The van der Waals surface area contributed by atoms with Crippen molar-refractivity contribution >= 4 is 17.0 Å². The largest absolute Gasteiger partial charge is 0.760 e. The van der Waals surface area contributed by atoms with E-state index in [1.54, 1.807) is 18.2 Å². The topological polar surface area (TPSA) is 94.2 Å². The minimum Gasteiger partial charge on any atom is -0.760 e. The first kappa shape index (κ1) is 21.4. The van der Waals surface area contributed by atoms with E-state index in [1.165, 1.54) is 6.07 Å². The summed E-state index contributed by atoms with van der Waals surface area (Å²) in [5.74, 6) is -1.36. The van der Waals surface area contributed by atoms with E-state index in [2.05, 4.69) is 9.71 Å². The van der Waals surface area contributed by atoms with E-state index in [4.69, 9.17) is 4.74 Å². The quantitative estimate of drug-likeness (QED) is 0.548. The normalized spacial score (nSPS) is 14.4. The Kier molecular flexibility index (Phi) is 5.99. The standard InChI is InChI=1S/C22H20F2N2O4S/c1-12-21-15(3-2-4-18(21)27)22(26-12)16-9-13(11-25-31(28)29)5-7-19(16)30-20-8-6-14(23)10-17(20)24/h5-10,25-26H,2-4,11H2,1H3,(H,28,29)/p-1. The highest BCUT2D eigenvalue weighted by molar-refractivity contribution is 7.77. The Morgan fingerprint density at radius 3 is 2.68 bits per heavy atom. The molecule has 162 valence electrons. The van der Waals surface area contributed by atoms with Gasteiger partial charge in [0.05, 0.1) is 5.69 Å². The first-order valence-electron chi connectivity index (χ1n) is 9.67. The Labute approximate surface area is 180 Å². The number of benzene rings is 2. The van der Waals surface area contributed by atoms with Crippen molar-refractivity contribution in [1.82, 2.24) is 9.71 Å². The second kappa shape index (κ2) is 8.70. The van der Waals surface area contributed by atoms with Crippen LogP contribution in [0.4, 0.5) is 8.78 Å². The smallest absolute Gasteiger partial charge is 0.168 e. The number of halogens is 2. The van der Waals surface area contributed by atoms with Crippen LogP contribution < -0.4 is 9.46 Å². The zero-order valence-corrected chi connectivity index (χ0v) is 17.4. The molecule has 1 heterocycles. The molecule has 0 fully saturated rings. The molecule has 0 amide bonds. The zero-order valence-electron chi connectivity index (χ0n) is 16.6. The number of aromatic amines is 1. The van der Waals surface area contributed by atoms with Crippen LogP contribution in [0.2, 0.25) is 0 Å². The molecule has 31 heavy (non-hydrogen) atoms. The number of carbonyl (C=O) groups is 1. The van der Waals surface area contributed by atoms with Gasteiger partial charge in [0.2, 0.25) is 0 Å². The highest BCUT2D eigenvalue weighted by atomic mass is 32.2. The fraction of sp³-hybridized carbons (Fsp3) is 0.227. The maximum Gasteiger partial charge on any atom is 0.168 e. The Hall–Kier alpha value is -2.88. The molecule has 0 radical (unpaired) electrons. The maximum atomic E-state index is 14.2. The summed E-state index contributed by atoms with van der Waals surface area (Å²) in [5.41, 5.74) is 4.12. The summed E-state index contributed by atoms with van der Waals surface area (Å²) >= 11 is -2.43. The summed E-state index contributed by atoms with van der Waals surface area (Å²) in [6.45, 7) is 1.87. The fourth-order valence-corrected chi connectivity index (χ4v) is 4.16. The van der Waals surface area contributed by atoms with Crippen LogP contribution in [0.15, 0.2) is 36.4 Å². The van der Waals surface area contributed by atoms with Gasteiger partial charge in [-0.05, 0) is 55.2 Å². The minimum atomic E-state index is -2.43. The van der Waals surface area contributed by atoms with Gasteiger partial charge in [0.25, 0.3) is 0 Å². The molecule has 0 saturated heterocycles. The third-order valence-electron chi connectivity index (χ3n) is 5.22. The molecule has 0 spiro atoms. The summed E-state index contributed by atoms with van der Waals surface area (Å²) in [7, 11) is 0. The lowest BCUT2D eigenvalue weighted by Crippen LogP contribution is -2.15. The number of nitrogens with one attached hydrogen (secondary N) is 2. The number of ether oxygens (including phenoxy) is 1. The highest BCUT2D eigenvalue weighted by Gasteiger charge is 2.26. The Morgan fingerprint density at radius 1 is 1.16 bits per heavy atom. The van der Waals surface area contributed by atoms with Gasteiger partial charge in [-0.15, -0.1) is 0 Å². The predicted molar refractivity (Wildman–Crippen MR) is 110 cm³/mol. The first-order chi connectivity index (χ1) is 14.8. The van der Waals surface area contributed by atoms with Crippen molar-refractivity contribution in [3.05, 3.63) is 70.4 Å². The van der Waals surface area contributed by atoms with Gasteiger partial charge in [-0.1, -0.05) is 6.07 Å². The van der Waals surface area contributed by atoms with E-state index in [-0.39, 0.29) is 18.1 Å². The van der Waals surface area contributed by atoms with Crippen LogP contribution in [0.1, 0.15) is 40.0 Å². The first-order valence-corrected chi connectivity index (χ1v) is 10.7. The van der Waals surface area contributed by atoms with Crippen molar-refractivity contribution in [2.45, 2.75) is 32.7 Å². The zero-order chi connectivity index (χ0) is 22.1. The molecule has 0 saturated carbocycles. The number of ketones is 1. The Bertz CT molecular complexity index is 1190. The van der Waals surface area contributed by atoms with Crippen molar-refractivity contribution in [2.24, 2.45) is 0 Å². The number of H-pyrrole nitrogens is 1. The number of carbonyl (C=O) groups excluding carboxylic acids is 1. The van der Waals surface area contributed by atoms with Crippen LogP contribution in [-0.2, 0) is 24.2 Å². The maximum absolute atomic E-state index is 14.2. The summed E-state index contributed by atoms with van der Waals surface area (Å²) < 4.78 is 57.3. The third kappa shape index (κ3) is 4.43. The highest BCUT2D eigenvalue weighted by Crippen LogP contribution is 2.40. The monoisotopic (exact) mass is 445 g/mol. The molecule has 1 unspecified atom stereocenters. The van der Waals surface area contributed by atoms with Gasteiger partial charge in [-0.25, -0.2) is 13.5 Å². The minimum absolute atomic E-state index is 0.0507. The average molecular weight is 445 g/mol. The molecule has 1 aliphatic carbocycles. The molecule has 6 nitrogen and oxygen atoms in total. The number of rotatable bonds is 6. The molecule has 4 rings (SSSR count). The molecule has 2 N–H and O–H groups in total. The summed E-state index contributed by atoms with van der Waals surface area (Å²) in [4.78, 5) is 15.7. The van der Waals surface area contributed by atoms with E-state index >= 15 is 0 Å². The van der Waals surface area contributed by atoms with Gasteiger partial charge < -0.3 is 14.3 Å². The van der Waals surface area contributed by atoms with Crippen LogP contribution in [0, 0.1) is 18.6 Å². The van der Waals surface area contributed by atoms with Crippen LogP contribution in [0.3, 0.4) is 0 Å². The molecular formula is C22H19F2N2O4S-. The molecule has 1 atom stereocenters. The predicted octanol–water partition coefficient (Wildman–Crippen LogP) is 4.46. The molecule has 3 aromatic rings. The Balaban J connectivity index is 1.82. The van der Waals surface area contributed by atoms with E-state index in [9.17, 15) is 22.3 Å². The number of Topliss-reactive ketones (excluding diaryl/α,β-unsaturated/α-hetero) is 1. The number of hydrogen-bond acceptors (Lipinski definition) is 4. The number of hydrogen-bond donors (Lipinski definition) is 2. The van der Waals surface area contributed by atoms with Gasteiger partial charge >= 0.3 is 0 Å². The van der Waals surface area contributed by atoms with Crippen molar-refractivity contribution < 1.29 is 27.1 Å². The van der Waals surface area contributed by atoms with Crippen molar-refractivity contribution in [1.29, 1.82) is 0 Å². The van der Waals surface area contributed by atoms with Crippen molar-refractivity contribution in [3.8, 4) is 22.8 Å². The van der Waals surface area contributed by atoms with Crippen molar-refractivity contribution in [2.75, 3.05) is 0 Å². The lowest BCUT2D eigenvalue weighted by Gasteiger charge is -2.17. The molecule has 1 aliphatic rings. The fourth-order valence-electron chi connectivity index (χ4n) is 3.87. The van der Waals surface area contributed by atoms with Gasteiger partial charge in [0.1, 0.15) is 11.6 Å². The van der Waals surface area contributed by atoms with E-state index < -0.39 is 22.9 Å². The van der Waals surface area contributed by atoms with Crippen molar-refractivity contribution in [3.63, 3.8) is 0 Å². The third-order valence-corrected chi connectivity index (χ3v) is 5.60. The average Bonchev–Trinajstić information content (AvgIpc) is 3.07. The number of aryl methyl sites for hydroxylation is 1. The number of aromatic nitrogens is 1. The molecule has 2 aromatic carbocycles. The van der Waals surface area contributed by atoms with E-state index in [0.29, 0.717) is 41.0 Å². The summed E-state index contributed by atoms with van der Waals surface area (Å²) in [6, 6.07) is 7.99.